The van der Waals surface area contributed by atoms with Crippen LogP contribution in [-0.2, 0) is 4.74 Å². The minimum Gasteiger partial charge on any atom is -0.497 e. The SMILES string of the molecule is COC(=O)c1c(C)[nH]c(C(=O)NC[C@H](c2cccc(OC)c2)N2CCCC2)c1C. The number of carbonyl (C=O) groups is 2. The number of hydrogen-bond donors (Lipinski definition) is 2. The first-order valence-corrected chi connectivity index (χ1v) is 9.90. The van der Waals surface area contributed by atoms with Gasteiger partial charge in [0.15, 0.2) is 0 Å². The zero-order valence-corrected chi connectivity index (χ0v) is 17.5. The van der Waals surface area contributed by atoms with Crippen molar-refractivity contribution < 1.29 is 19.1 Å². The first-order chi connectivity index (χ1) is 14.0. The summed E-state index contributed by atoms with van der Waals surface area (Å²) in [7, 11) is 2.99. The Morgan fingerprint density at radius 2 is 1.93 bits per heavy atom. The lowest BCUT2D eigenvalue weighted by Gasteiger charge is -2.28. The fourth-order valence-corrected chi connectivity index (χ4v) is 4.02. The summed E-state index contributed by atoms with van der Waals surface area (Å²) >= 11 is 0. The summed E-state index contributed by atoms with van der Waals surface area (Å²) < 4.78 is 10.2. The Hall–Kier alpha value is -2.80. The lowest BCUT2D eigenvalue weighted by atomic mass is 10.0. The number of likely N-dealkylation sites (tertiary alicyclic amines) is 1. The fourth-order valence-electron chi connectivity index (χ4n) is 4.02. The summed E-state index contributed by atoms with van der Waals surface area (Å²) in [5.41, 5.74) is 3.16. The molecule has 2 aromatic rings. The van der Waals surface area contributed by atoms with Gasteiger partial charge >= 0.3 is 5.97 Å². The van der Waals surface area contributed by atoms with Crippen LogP contribution in [0.25, 0.3) is 0 Å². The molecule has 1 atom stereocenters. The van der Waals surface area contributed by atoms with E-state index in [1.54, 1.807) is 21.0 Å². The van der Waals surface area contributed by atoms with Crippen LogP contribution in [0.3, 0.4) is 0 Å². The Labute approximate surface area is 171 Å². The highest BCUT2D eigenvalue weighted by atomic mass is 16.5. The van der Waals surface area contributed by atoms with Crippen molar-refractivity contribution >= 4 is 11.9 Å². The molecule has 1 aromatic carbocycles. The molecule has 0 aliphatic carbocycles. The number of nitrogens with one attached hydrogen (secondary N) is 2. The number of ether oxygens (including phenoxy) is 2. The Kier molecular flexibility index (Phi) is 6.59. The molecule has 1 aliphatic rings. The van der Waals surface area contributed by atoms with Crippen LogP contribution in [0, 0.1) is 13.8 Å². The second-order valence-electron chi connectivity index (χ2n) is 7.36. The molecule has 0 unspecified atom stereocenters. The molecule has 1 saturated heterocycles. The molecule has 0 radical (unpaired) electrons. The topological polar surface area (TPSA) is 83.7 Å². The zero-order chi connectivity index (χ0) is 21.0. The van der Waals surface area contributed by atoms with E-state index in [-0.39, 0.29) is 11.9 Å². The van der Waals surface area contributed by atoms with Crippen LogP contribution >= 0.6 is 0 Å². The molecule has 7 nitrogen and oxygen atoms in total. The van der Waals surface area contributed by atoms with Crippen molar-refractivity contribution in [1.29, 1.82) is 0 Å². The number of aromatic amines is 1. The van der Waals surface area contributed by atoms with Gasteiger partial charge in [-0.2, -0.15) is 0 Å². The fraction of sp³-hybridized carbons (Fsp3) is 0.455. The van der Waals surface area contributed by atoms with Gasteiger partial charge in [-0.25, -0.2) is 4.79 Å². The molecule has 2 heterocycles. The average molecular weight is 399 g/mol. The lowest BCUT2D eigenvalue weighted by molar-refractivity contribution is 0.0599. The first kappa shape index (κ1) is 20.9. The molecule has 2 N–H and O–H groups in total. The molecule has 3 rings (SSSR count). The average Bonchev–Trinajstić information content (AvgIpc) is 3.36. The van der Waals surface area contributed by atoms with Crippen molar-refractivity contribution in [3.8, 4) is 5.75 Å². The van der Waals surface area contributed by atoms with Crippen LogP contribution in [0.4, 0.5) is 0 Å². The van der Waals surface area contributed by atoms with Crippen molar-refractivity contribution in [2.24, 2.45) is 0 Å². The van der Waals surface area contributed by atoms with Gasteiger partial charge in [0.2, 0.25) is 0 Å². The van der Waals surface area contributed by atoms with Gasteiger partial charge in [0.25, 0.3) is 5.91 Å². The third-order valence-electron chi connectivity index (χ3n) is 5.57. The number of carbonyl (C=O) groups excluding carboxylic acids is 2. The van der Waals surface area contributed by atoms with Gasteiger partial charge in [-0.3, -0.25) is 9.69 Å². The van der Waals surface area contributed by atoms with E-state index in [4.69, 9.17) is 9.47 Å². The third-order valence-corrected chi connectivity index (χ3v) is 5.57. The number of amides is 1. The van der Waals surface area contributed by atoms with Crippen molar-refractivity contribution in [3.05, 3.63) is 52.3 Å². The maximum atomic E-state index is 12.9. The number of nitrogens with zero attached hydrogens (tertiary/aromatic N) is 1. The largest absolute Gasteiger partial charge is 0.497 e. The van der Waals surface area contributed by atoms with Gasteiger partial charge in [-0.1, -0.05) is 12.1 Å². The van der Waals surface area contributed by atoms with E-state index in [1.807, 2.05) is 18.2 Å². The Balaban J connectivity index is 1.79. The summed E-state index contributed by atoms with van der Waals surface area (Å²) in [6, 6.07) is 8.04. The van der Waals surface area contributed by atoms with Gasteiger partial charge in [0.1, 0.15) is 11.4 Å². The number of methoxy groups -OCH3 is 2. The van der Waals surface area contributed by atoms with E-state index in [9.17, 15) is 9.59 Å². The van der Waals surface area contributed by atoms with Crippen molar-refractivity contribution in [3.63, 3.8) is 0 Å². The summed E-state index contributed by atoms with van der Waals surface area (Å²) in [6.45, 7) is 6.00. The minimum atomic E-state index is -0.443. The molecule has 0 saturated carbocycles. The van der Waals surface area contributed by atoms with E-state index in [1.165, 1.54) is 7.11 Å². The molecule has 1 aliphatic heterocycles. The van der Waals surface area contributed by atoms with Crippen LogP contribution in [0.15, 0.2) is 24.3 Å². The van der Waals surface area contributed by atoms with E-state index >= 15 is 0 Å². The Bertz CT molecular complexity index is 884. The molecule has 1 amide bonds. The number of esters is 1. The molecular weight excluding hydrogens is 370 g/mol. The number of rotatable bonds is 7. The van der Waals surface area contributed by atoms with Crippen LogP contribution in [-0.4, -0.2) is 55.6 Å². The zero-order valence-electron chi connectivity index (χ0n) is 17.5. The summed E-state index contributed by atoms with van der Waals surface area (Å²) in [6.07, 6.45) is 2.32. The van der Waals surface area contributed by atoms with E-state index in [2.05, 4.69) is 21.3 Å². The summed E-state index contributed by atoms with van der Waals surface area (Å²) in [5.74, 6) is 0.131. The van der Waals surface area contributed by atoms with E-state index < -0.39 is 5.97 Å². The van der Waals surface area contributed by atoms with Gasteiger partial charge in [0.05, 0.1) is 25.8 Å². The van der Waals surface area contributed by atoms with E-state index in [0.717, 1.165) is 37.2 Å². The summed E-state index contributed by atoms with van der Waals surface area (Å²) in [5, 5.41) is 3.05. The first-order valence-electron chi connectivity index (χ1n) is 9.90. The number of benzene rings is 1. The minimum absolute atomic E-state index is 0.0630. The number of aryl methyl sites for hydroxylation is 1. The van der Waals surface area contributed by atoms with Gasteiger partial charge in [0, 0.05) is 12.2 Å². The third kappa shape index (κ3) is 4.45. The summed E-state index contributed by atoms with van der Waals surface area (Å²) in [4.78, 5) is 30.3. The van der Waals surface area contributed by atoms with Gasteiger partial charge in [-0.15, -0.1) is 0 Å². The van der Waals surface area contributed by atoms with Crippen molar-refractivity contribution in [2.45, 2.75) is 32.7 Å². The van der Waals surface area contributed by atoms with Crippen LogP contribution < -0.4 is 10.1 Å². The number of aromatic nitrogens is 1. The maximum absolute atomic E-state index is 12.9. The lowest BCUT2D eigenvalue weighted by Crippen LogP contribution is -2.37. The highest BCUT2D eigenvalue weighted by molar-refractivity contribution is 6.00. The molecule has 1 aromatic heterocycles. The monoisotopic (exact) mass is 399 g/mol. The molecule has 0 bridgehead atoms. The van der Waals surface area contributed by atoms with Crippen LogP contribution in [0.2, 0.25) is 0 Å². The molecular formula is C22H29N3O4. The highest BCUT2D eigenvalue weighted by Crippen LogP contribution is 2.27. The molecule has 156 valence electrons. The van der Waals surface area contributed by atoms with Crippen molar-refractivity contribution in [1.82, 2.24) is 15.2 Å². The predicted molar refractivity (Wildman–Crippen MR) is 110 cm³/mol. The molecule has 1 fully saturated rings. The Morgan fingerprint density at radius 1 is 1.21 bits per heavy atom. The smallest absolute Gasteiger partial charge is 0.339 e. The van der Waals surface area contributed by atoms with Crippen LogP contribution in [0.5, 0.6) is 5.75 Å². The number of hydrogen-bond acceptors (Lipinski definition) is 5. The second kappa shape index (κ2) is 9.13. The van der Waals surface area contributed by atoms with Crippen LogP contribution in [0.1, 0.15) is 56.6 Å². The molecule has 7 heteroatoms. The standard InChI is InChI=1S/C22H29N3O4/c1-14-19(22(27)29-4)15(2)24-20(14)21(26)23-13-18(25-10-5-6-11-25)16-8-7-9-17(12-16)28-3/h7-9,12,18,24H,5-6,10-11,13H2,1-4H3,(H,23,26)/t18-/m1/s1. The highest BCUT2D eigenvalue weighted by Gasteiger charge is 2.26. The quantitative estimate of drug-likeness (QED) is 0.700. The maximum Gasteiger partial charge on any atom is 0.339 e. The second-order valence-corrected chi connectivity index (χ2v) is 7.36. The van der Waals surface area contributed by atoms with E-state index in [0.29, 0.717) is 29.1 Å². The van der Waals surface area contributed by atoms with Gasteiger partial charge < -0.3 is 19.8 Å². The number of H-pyrrole nitrogens is 1. The molecule has 29 heavy (non-hydrogen) atoms. The Morgan fingerprint density at radius 3 is 2.59 bits per heavy atom. The molecule has 0 spiro atoms. The van der Waals surface area contributed by atoms with Crippen molar-refractivity contribution in [2.75, 3.05) is 33.9 Å². The predicted octanol–water partition coefficient (Wildman–Crippen LogP) is 2.99. The normalized spacial score (nSPS) is 15.2. The van der Waals surface area contributed by atoms with Gasteiger partial charge in [-0.05, 0) is 63.0 Å².